The highest BCUT2D eigenvalue weighted by molar-refractivity contribution is 6.38. The number of hydrogen-bond donors (Lipinski definition) is 1. The second kappa shape index (κ2) is 11.3. The van der Waals surface area contributed by atoms with Crippen LogP contribution in [0.1, 0.15) is 50.0 Å². The van der Waals surface area contributed by atoms with Crippen LogP contribution in [0.4, 0.5) is 4.39 Å². The van der Waals surface area contributed by atoms with E-state index in [1.165, 1.54) is 12.1 Å². The molecule has 30 heavy (non-hydrogen) atoms. The zero-order valence-corrected chi connectivity index (χ0v) is 19.5. The van der Waals surface area contributed by atoms with Crippen LogP contribution >= 0.6 is 24.0 Å². The molecule has 0 spiro atoms. The number of benzene rings is 1. The lowest BCUT2D eigenvalue weighted by Gasteiger charge is -2.38. The van der Waals surface area contributed by atoms with Crippen LogP contribution < -0.4 is 5.32 Å². The smallest absolute Gasteiger partial charge is 0.272 e. The monoisotopic (exact) mass is 459 g/mol. The molecule has 8 heteroatoms. The van der Waals surface area contributed by atoms with Gasteiger partial charge in [-0.2, -0.15) is 0 Å². The van der Waals surface area contributed by atoms with E-state index in [1.54, 1.807) is 13.2 Å². The number of aromatic nitrogens is 1. The summed E-state index contributed by atoms with van der Waals surface area (Å²) in [4.78, 5) is 15.7. The van der Waals surface area contributed by atoms with Crippen LogP contribution in [0.5, 0.6) is 0 Å². The number of carbonyl (C=O) groups excluding carboxylic acids is 1. The molecule has 0 saturated carbocycles. The fourth-order valence-corrected chi connectivity index (χ4v) is 4.60. The van der Waals surface area contributed by atoms with Gasteiger partial charge in [-0.3, -0.25) is 4.79 Å². The Kier molecular flexibility index (Phi) is 9.41. The average molecular weight is 460 g/mol. The van der Waals surface area contributed by atoms with Crippen molar-refractivity contribution < 1.29 is 13.9 Å². The first-order chi connectivity index (χ1) is 14.0. The SMILES string of the molecule is COCCCCn1c(C(=O)N(C(C)C)[C@@H]2CCCNC2)c(Cl)c2ccc(F)cc21.Cl. The molecule has 1 aromatic carbocycles. The van der Waals surface area contributed by atoms with Crippen molar-refractivity contribution in [3.05, 3.63) is 34.7 Å². The second-order valence-electron chi connectivity index (χ2n) is 7.98. The number of ether oxygens (including phenoxy) is 1. The number of methoxy groups -OCH3 is 1. The number of amides is 1. The molecule has 0 unspecified atom stereocenters. The minimum atomic E-state index is -0.332. The van der Waals surface area contributed by atoms with Gasteiger partial charge in [-0.25, -0.2) is 4.39 Å². The number of hydrogen-bond acceptors (Lipinski definition) is 3. The Labute approximate surface area is 189 Å². The molecule has 168 valence electrons. The Morgan fingerprint density at radius 3 is 2.80 bits per heavy atom. The highest BCUT2D eigenvalue weighted by Crippen LogP contribution is 2.33. The van der Waals surface area contributed by atoms with Crippen LogP contribution in [0.3, 0.4) is 0 Å². The summed E-state index contributed by atoms with van der Waals surface area (Å²) in [7, 11) is 1.67. The molecular weight excluding hydrogens is 428 g/mol. The molecule has 0 aliphatic carbocycles. The normalized spacial score (nSPS) is 16.7. The molecule has 1 aromatic heterocycles. The number of aryl methyl sites for hydroxylation is 1. The van der Waals surface area contributed by atoms with Crippen LogP contribution in [0.15, 0.2) is 18.2 Å². The van der Waals surface area contributed by atoms with Gasteiger partial charge >= 0.3 is 0 Å². The van der Waals surface area contributed by atoms with Crippen molar-refractivity contribution in [1.29, 1.82) is 0 Å². The minimum absolute atomic E-state index is 0. The van der Waals surface area contributed by atoms with Gasteiger partial charge in [0.15, 0.2) is 0 Å². The lowest BCUT2D eigenvalue weighted by atomic mass is 10.0. The summed E-state index contributed by atoms with van der Waals surface area (Å²) in [6, 6.07) is 4.69. The third kappa shape index (κ3) is 5.28. The van der Waals surface area contributed by atoms with Crippen molar-refractivity contribution in [3.63, 3.8) is 0 Å². The third-order valence-corrected chi connectivity index (χ3v) is 5.99. The highest BCUT2D eigenvalue weighted by atomic mass is 35.5. The van der Waals surface area contributed by atoms with Gasteiger partial charge in [-0.05, 0) is 64.3 Å². The number of nitrogens with zero attached hydrogens (tertiary/aromatic N) is 2. The van der Waals surface area contributed by atoms with Crippen LogP contribution in [0, 0.1) is 5.82 Å². The summed E-state index contributed by atoms with van der Waals surface area (Å²) in [5, 5.41) is 4.52. The molecule has 1 aliphatic heterocycles. The number of carbonyl (C=O) groups is 1. The number of nitrogens with one attached hydrogen (secondary N) is 1. The molecule has 1 saturated heterocycles. The van der Waals surface area contributed by atoms with Gasteiger partial charge in [-0.15, -0.1) is 12.4 Å². The van der Waals surface area contributed by atoms with E-state index < -0.39 is 0 Å². The maximum atomic E-state index is 14.0. The third-order valence-electron chi connectivity index (χ3n) is 5.60. The molecule has 1 aliphatic rings. The van der Waals surface area contributed by atoms with Gasteiger partial charge in [0.2, 0.25) is 0 Å². The van der Waals surface area contributed by atoms with Gasteiger partial charge in [-0.1, -0.05) is 11.6 Å². The summed E-state index contributed by atoms with van der Waals surface area (Å²) < 4.78 is 21.0. The molecule has 1 fully saturated rings. The summed E-state index contributed by atoms with van der Waals surface area (Å²) >= 11 is 6.71. The lowest BCUT2D eigenvalue weighted by molar-refractivity contribution is 0.0562. The van der Waals surface area contributed by atoms with Crippen molar-refractivity contribution in [2.45, 2.75) is 58.2 Å². The van der Waals surface area contributed by atoms with Crippen LogP contribution in [0.25, 0.3) is 10.9 Å². The predicted octanol–water partition coefficient (Wildman–Crippen LogP) is 4.88. The van der Waals surface area contributed by atoms with Crippen LogP contribution in [0.2, 0.25) is 5.02 Å². The van der Waals surface area contributed by atoms with Crippen LogP contribution in [-0.2, 0) is 11.3 Å². The molecule has 3 rings (SSSR count). The Morgan fingerprint density at radius 1 is 1.40 bits per heavy atom. The maximum absolute atomic E-state index is 14.0. The first-order valence-corrected chi connectivity index (χ1v) is 10.8. The molecule has 5 nitrogen and oxygen atoms in total. The number of rotatable bonds is 8. The van der Waals surface area contributed by atoms with E-state index in [0.29, 0.717) is 34.8 Å². The number of fused-ring (bicyclic) bond motifs is 1. The van der Waals surface area contributed by atoms with Crippen molar-refractivity contribution in [1.82, 2.24) is 14.8 Å². The van der Waals surface area contributed by atoms with Crippen molar-refractivity contribution in [2.75, 3.05) is 26.8 Å². The largest absolute Gasteiger partial charge is 0.385 e. The fraction of sp³-hybridized carbons (Fsp3) is 0.591. The van der Waals surface area contributed by atoms with E-state index >= 15 is 0 Å². The van der Waals surface area contributed by atoms with Crippen LogP contribution in [-0.4, -0.2) is 54.3 Å². The van der Waals surface area contributed by atoms with Gasteiger partial charge in [0.1, 0.15) is 11.5 Å². The number of unbranched alkanes of at least 4 members (excludes halogenated alkanes) is 1. The minimum Gasteiger partial charge on any atom is -0.385 e. The second-order valence-corrected chi connectivity index (χ2v) is 8.36. The average Bonchev–Trinajstić information content (AvgIpc) is 2.97. The topological polar surface area (TPSA) is 46.5 Å². The number of piperidine rings is 1. The first kappa shape index (κ1) is 24.9. The molecule has 1 N–H and O–H groups in total. The molecule has 2 aromatic rings. The molecule has 0 radical (unpaired) electrons. The Bertz CT molecular complexity index is 851. The first-order valence-electron chi connectivity index (χ1n) is 10.4. The van der Waals surface area contributed by atoms with E-state index in [9.17, 15) is 9.18 Å². The van der Waals surface area contributed by atoms with Gasteiger partial charge in [0, 0.05) is 44.3 Å². The molecule has 1 amide bonds. The highest BCUT2D eigenvalue weighted by Gasteiger charge is 2.32. The predicted molar refractivity (Wildman–Crippen MR) is 122 cm³/mol. The number of halogens is 3. The van der Waals surface area contributed by atoms with E-state index in [1.807, 2.05) is 23.3 Å². The van der Waals surface area contributed by atoms with Crippen molar-refractivity contribution in [2.24, 2.45) is 0 Å². The summed E-state index contributed by atoms with van der Waals surface area (Å²) in [6.07, 6.45) is 3.69. The quantitative estimate of drug-likeness (QED) is 0.571. The lowest BCUT2D eigenvalue weighted by Crippen LogP contribution is -2.52. The fourth-order valence-electron chi connectivity index (χ4n) is 4.25. The zero-order valence-electron chi connectivity index (χ0n) is 17.9. The Hall–Kier alpha value is -1.34. The molecule has 0 bridgehead atoms. The zero-order chi connectivity index (χ0) is 21.0. The standard InChI is InChI=1S/C22H31ClFN3O2.ClH/c1-15(2)27(17-7-6-10-25-14-17)22(28)21-20(23)18-9-8-16(24)13-19(18)26(21)11-4-5-12-29-3;/h8-9,13,15,17,25H,4-7,10-12,14H2,1-3H3;1H/t17-;/m1./s1. The summed E-state index contributed by atoms with van der Waals surface area (Å²) in [6.45, 7) is 7.07. The van der Waals surface area contributed by atoms with Gasteiger partial charge in [0.05, 0.1) is 10.5 Å². The Morgan fingerprint density at radius 2 is 2.17 bits per heavy atom. The molecule has 1 atom stereocenters. The summed E-state index contributed by atoms with van der Waals surface area (Å²) in [5.41, 5.74) is 1.13. The van der Waals surface area contributed by atoms with Gasteiger partial charge in [0.25, 0.3) is 5.91 Å². The van der Waals surface area contributed by atoms with E-state index in [4.69, 9.17) is 16.3 Å². The van der Waals surface area contributed by atoms with Crippen molar-refractivity contribution in [3.8, 4) is 0 Å². The molecule has 2 heterocycles. The molecular formula is C22H32Cl2FN3O2. The maximum Gasteiger partial charge on any atom is 0.272 e. The van der Waals surface area contributed by atoms with E-state index in [0.717, 1.165) is 38.8 Å². The Balaban J connectivity index is 0.00000320. The van der Waals surface area contributed by atoms with Crippen molar-refractivity contribution >= 4 is 40.8 Å². The van der Waals surface area contributed by atoms with E-state index in [-0.39, 0.29) is 36.2 Å². The van der Waals surface area contributed by atoms with Gasteiger partial charge < -0.3 is 19.5 Å². The summed E-state index contributed by atoms with van der Waals surface area (Å²) in [5.74, 6) is -0.414. The van der Waals surface area contributed by atoms with E-state index in [2.05, 4.69) is 5.32 Å².